The fourth-order valence-electron chi connectivity index (χ4n) is 2.03. The molecule has 100 valence electrons. The van der Waals surface area contributed by atoms with Crippen molar-refractivity contribution in [2.45, 2.75) is 18.9 Å². The Bertz CT molecular complexity index is 439. The second-order valence-corrected chi connectivity index (χ2v) is 5.12. The third-order valence-electron chi connectivity index (χ3n) is 2.90. The van der Waals surface area contributed by atoms with Gasteiger partial charge in [0.1, 0.15) is 0 Å². The standard InChI is InChI=1S/C12H14Cl2N2O.ClH/c13-8-3-4-11(14)10(6-8)12(17)16-5-1-2-9(15)7-16;/h3-4,6,9H,1-2,5,7,15H2;1H/t9-;/m1./s1. The van der Waals surface area contributed by atoms with Gasteiger partial charge in [0, 0.05) is 24.2 Å². The minimum Gasteiger partial charge on any atom is -0.337 e. The van der Waals surface area contributed by atoms with Gasteiger partial charge in [-0.05, 0) is 31.0 Å². The number of benzene rings is 1. The molecule has 0 aliphatic carbocycles. The molecule has 0 radical (unpaired) electrons. The summed E-state index contributed by atoms with van der Waals surface area (Å²) in [5.41, 5.74) is 6.31. The first-order chi connectivity index (χ1) is 8.08. The molecule has 1 atom stereocenters. The van der Waals surface area contributed by atoms with Crippen molar-refractivity contribution in [2.24, 2.45) is 5.73 Å². The summed E-state index contributed by atoms with van der Waals surface area (Å²) in [5, 5.41) is 0.942. The fourth-order valence-corrected chi connectivity index (χ4v) is 2.40. The predicted molar refractivity (Wildman–Crippen MR) is 76.8 cm³/mol. The first-order valence-corrected chi connectivity index (χ1v) is 6.33. The maximum Gasteiger partial charge on any atom is 0.255 e. The monoisotopic (exact) mass is 308 g/mol. The Hall–Kier alpha value is -0.480. The number of amides is 1. The smallest absolute Gasteiger partial charge is 0.255 e. The van der Waals surface area contributed by atoms with Crippen LogP contribution in [-0.4, -0.2) is 29.9 Å². The predicted octanol–water partition coefficient (Wildman–Crippen LogP) is 2.98. The molecule has 1 heterocycles. The summed E-state index contributed by atoms with van der Waals surface area (Å²) < 4.78 is 0. The SMILES string of the molecule is Cl.N[C@@H]1CCCN(C(=O)c2cc(Cl)ccc2Cl)C1. The summed E-state index contributed by atoms with van der Waals surface area (Å²) in [6.07, 6.45) is 1.90. The summed E-state index contributed by atoms with van der Waals surface area (Å²) in [4.78, 5) is 14.0. The van der Waals surface area contributed by atoms with E-state index in [4.69, 9.17) is 28.9 Å². The quantitative estimate of drug-likeness (QED) is 0.867. The van der Waals surface area contributed by atoms with Crippen molar-refractivity contribution >= 4 is 41.5 Å². The molecule has 2 N–H and O–H groups in total. The second-order valence-electron chi connectivity index (χ2n) is 4.28. The summed E-state index contributed by atoms with van der Waals surface area (Å²) in [6, 6.07) is 4.97. The molecule has 1 aliphatic heterocycles. The van der Waals surface area contributed by atoms with E-state index in [1.54, 1.807) is 23.1 Å². The number of hydrogen-bond donors (Lipinski definition) is 1. The zero-order valence-corrected chi connectivity index (χ0v) is 12.1. The largest absolute Gasteiger partial charge is 0.337 e. The number of nitrogens with two attached hydrogens (primary N) is 1. The Balaban J connectivity index is 0.00000162. The summed E-state index contributed by atoms with van der Waals surface area (Å²) in [5.74, 6) is -0.0901. The van der Waals surface area contributed by atoms with E-state index in [9.17, 15) is 4.79 Å². The van der Waals surface area contributed by atoms with Crippen LogP contribution in [0.3, 0.4) is 0 Å². The Labute approximate surface area is 123 Å². The molecule has 1 amide bonds. The van der Waals surface area contributed by atoms with Gasteiger partial charge in [-0.3, -0.25) is 4.79 Å². The number of likely N-dealkylation sites (tertiary alicyclic amines) is 1. The Morgan fingerprint density at radius 1 is 1.39 bits per heavy atom. The highest BCUT2D eigenvalue weighted by atomic mass is 35.5. The average Bonchev–Trinajstić information content (AvgIpc) is 2.31. The van der Waals surface area contributed by atoms with E-state index < -0.39 is 0 Å². The third kappa shape index (κ3) is 3.51. The molecule has 2 rings (SSSR count). The van der Waals surface area contributed by atoms with Crippen LogP contribution in [0, 0.1) is 0 Å². The molecule has 1 aliphatic rings. The van der Waals surface area contributed by atoms with E-state index in [0.29, 0.717) is 22.2 Å². The van der Waals surface area contributed by atoms with Crippen molar-refractivity contribution < 1.29 is 4.79 Å². The molecular weight excluding hydrogens is 295 g/mol. The molecule has 1 fully saturated rings. The molecule has 0 saturated carbocycles. The van der Waals surface area contributed by atoms with Crippen LogP contribution in [0.4, 0.5) is 0 Å². The minimum absolute atomic E-state index is 0. The molecule has 6 heteroatoms. The summed E-state index contributed by atoms with van der Waals surface area (Å²) >= 11 is 11.9. The number of piperidine rings is 1. The number of rotatable bonds is 1. The minimum atomic E-state index is -0.0901. The van der Waals surface area contributed by atoms with Crippen LogP contribution in [-0.2, 0) is 0 Å². The molecule has 0 bridgehead atoms. The Morgan fingerprint density at radius 3 is 2.78 bits per heavy atom. The zero-order valence-electron chi connectivity index (χ0n) is 9.73. The summed E-state index contributed by atoms with van der Waals surface area (Å²) in [7, 11) is 0. The lowest BCUT2D eigenvalue weighted by molar-refractivity contribution is 0.0709. The third-order valence-corrected chi connectivity index (χ3v) is 3.47. The van der Waals surface area contributed by atoms with E-state index >= 15 is 0 Å². The van der Waals surface area contributed by atoms with Crippen molar-refractivity contribution in [1.29, 1.82) is 0 Å². The van der Waals surface area contributed by atoms with Crippen LogP contribution in [0.2, 0.25) is 10.0 Å². The normalized spacial score (nSPS) is 19.3. The van der Waals surface area contributed by atoms with E-state index in [1.165, 1.54) is 0 Å². The van der Waals surface area contributed by atoms with Crippen LogP contribution >= 0.6 is 35.6 Å². The molecular formula is C12H15Cl3N2O. The summed E-state index contributed by atoms with van der Waals surface area (Å²) in [6.45, 7) is 1.32. The maximum absolute atomic E-state index is 12.2. The van der Waals surface area contributed by atoms with Gasteiger partial charge in [-0.2, -0.15) is 0 Å². The molecule has 1 aromatic rings. The van der Waals surface area contributed by atoms with Gasteiger partial charge in [0.05, 0.1) is 10.6 Å². The molecule has 1 saturated heterocycles. The molecule has 18 heavy (non-hydrogen) atoms. The molecule has 0 aromatic heterocycles. The number of hydrogen-bond acceptors (Lipinski definition) is 2. The lowest BCUT2D eigenvalue weighted by Gasteiger charge is -2.31. The maximum atomic E-state index is 12.2. The van der Waals surface area contributed by atoms with Gasteiger partial charge in [-0.1, -0.05) is 23.2 Å². The van der Waals surface area contributed by atoms with Crippen molar-refractivity contribution in [3.63, 3.8) is 0 Å². The van der Waals surface area contributed by atoms with Crippen LogP contribution in [0.1, 0.15) is 23.2 Å². The first kappa shape index (κ1) is 15.6. The van der Waals surface area contributed by atoms with Gasteiger partial charge in [0.25, 0.3) is 5.91 Å². The van der Waals surface area contributed by atoms with Crippen molar-refractivity contribution in [3.05, 3.63) is 33.8 Å². The highest BCUT2D eigenvalue weighted by molar-refractivity contribution is 6.35. The first-order valence-electron chi connectivity index (χ1n) is 5.58. The van der Waals surface area contributed by atoms with E-state index in [-0.39, 0.29) is 24.4 Å². The molecule has 0 spiro atoms. The van der Waals surface area contributed by atoms with Gasteiger partial charge < -0.3 is 10.6 Å². The molecule has 1 aromatic carbocycles. The van der Waals surface area contributed by atoms with Gasteiger partial charge >= 0.3 is 0 Å². The average molecular weight is 310 g/mol. The van der Waals surface area contributed by atoms with Crippen molar-refractivity contribution in [1.82, 2.24) is 4.90 Å². The van der Waals surface area contributed by atoms with Gasteiger partial charge in [0.15, 0.2) is 0 Å². The van der Waals surface area contributed by atoms with Crippen LogP contribution in [0.25, 0.3) is 0 Å². The molecule has 0 unspecified atom stereocenters. The second kappa shape index (κ2) is 6.62. The fraction of sp³-hybridized carbons (Fsp3) is 0.417. The zero-order chi connectivity index (χ0) is 12.4. The highest BCUT2D eigenvalue weighted by Crippen LogP contribution is 2.23. The number of halogens is 3. The number of carbonyl (C=O) groups excluding carboxylic acids is 1. The van der Waals surface area contributed by atoms with E-state index in [0.717, 1.165) is 19.4 Å². The number of carbonyl (C=O) groups is 1. The van der Waals surface area contributed by atoms with E-state index in [1.807, 2.05) is 0 Å². The van der Waals surface area contributed by atoms with Crippen molar-refractivity contribution in [2.75, 3.05) is 13.1 Å². The lowest BCUT2D eigenvalue weighted by Crippen LogP contribution is -2.45. The van der Waals surface area contributed by atoms with Gasteiger partial charge in [-0.25, -0.2) is 0 Å². The Kier molecular flexibility index (Phi) is 5.73. The van der Waals surface area contributed by atoms with Gasteiger partial charge in [-0.15, -0.1) is 12.4 Å². The topological polar surface area (TPSA) is 46.3 Å². The van der Waals surface area contributed by atoms with E-state index in [2.05, 4.69) is 0 Å². The Morgan fingerprint density at radius 2 is 2.11 bits per heavy atom. The van der Waals surface area contributed by atoms with Crippen LogP contribution in [0.15, 0.2) is 18.2 Å². The van der Waals surface area contributed by atoms with Crippen LogP contribution in [0.5, 0.6) is 0 Å². The van der Waals surface area contributed by atoms with Gasteiger partial charge in [0.2, 0.25) is 0 Å². The lowest BCUT2D eigenvalue weighted by atomic mass is 10.1. The van der Waals surface area contributed by atoms with Crippen LogP contribution < -0.4 is 5.73 Å². The van der Waals surface area contributed by atoms with Crippen molar-refractivity contribution in [3.8, 4) is 0 Å². The number of nitrogens with zero attached hydrogens (tertiary/aromatic N) is 1. The molecule has 3 nitrogen and oxygen atoms in total. The highest BCUT2D eigenvalue weighted by Gasteiger charge is 2.23.